The molecule has 1 heterocycles. The van der Waals surface area contributed by atoms with Crippen LogP contribution in [0.25, 0.3) is 0 Å². The van der Waals surface area contributed by atoms with E-state index >= 15 is 0 Å². The van der Waals surface area contributed by atoms with E-state index in [0.29, 0.717) is 19.0 Å². The van der Waals surface area contributed by atoms with Crippen LogP contribution in [0.4, 0.5) is 8.78 Å². The summed E-state index contributed by atoms with van der Waals surface area (Å²) in [5.41, 5.74) is 1.74. The summed E-state index contributed by atoms with van der Waals surface area (Å²) in [5, 5.41) is 6.44. The van der Waals surface area contributed by atoms with Crippen molar-refractivity contribution in [3.05, 3.63) is 65.5 Å². The number of aromatic nitrogens is 1. The van der Waals surface area contributed by atoms with E-state index in [1.807, 2.05) is 32.0 Å². The largest absolute Gasteiger partial charge is 0.357 e. The number of hydrogen-bond acceptors (Lipinski definition) is 2. The van der Waals surface area contributed by atoms with E-state index in [1.165, 1.54) is 6.07 Å². The van der Waals surface area contributed by atoms with Crippen molar-refractivity contribution in [1.29, 1.82) is 0 Å². The van der Waals surface area contributed by atoms with Crippen LogP contribution in [0.1, 0.15) is 31.0 Å². The number of nitrogens with zero attached hydrogens (tertiary/aromatic N) is 2. The molecule has 6 heteroatoms. The van der Waals surface area contributed by atoms with Crippen molar-refractivity contribution in [2.45, 2.75) is 26.2 Å². The highest BCUT2D eigenvalue weighted by Gasteiger charge is 2.09. The van der Waals surface area contributed by atoms with Gasteiger partial charge in [0.15, 0.2) is 17.6 Å². The monoisotopic (exact) mass is 346 g/mol. The molecule has 0 amide bonds. The van der Waals surface area contributed by atoms with E-state index in [9.17, 15) is 8.78 Å². The molecule has 2 aromatic rings. The molecular formula is C19H24F2N4. The smallest absolute Gasteiger partial charge is 0.191 e. The van der Waals surface area contributed by atoms with E-state index in [2.05, 4.69) is 20.6 Å². The molecule has 0 aliphatic carbocycles. The molecule has 0 aliphatic rings. The number of pyridine rings is 1. The van der Waals surface area contributed by atoms with Gasteiger partial charge in [-0.15, -0.1) is 0 Å². The van der Waals surface area contributed by atoms with Crippen LogP contribution in [0.2, 0.25) is 0 Å². The van der Waals surface area contributed by atoms with E-state index in [1.54, 1.807) is 12.3 Å². The average molecular weight is 346 g/mol. The maximum atomic E-state index is 13.3. The Morgan fingerprint density at radius 3 is 2.68 bits per heavy atom. The summed E-state index contributed by atoms with van der Waals surface area (Å²) in [7, 11) is 0. The number of benzene rings is 1. The maximum Gasteiger partial charge on any atom is 0.191 e. The Morgan fingerprint density at radius 1 is 1.16 bits per heavy atom. The second-order valence-electron chi connectivity index (χ2n) is 5.79. The first-order valence-electron chi connectivity index (χ1n) is 8.47. The van der Waals surface area contributed by atoms with Crippen molar-refractivity contribution in [3.63, 3.8) is 0 Å². The first-order valence-corrected chi connectivity index (χ1v) is 8.47. The van der Waals surface area contributed by atoms with Crippen LogP contribution in [0.15, 0.2) is 47.6 Å². The van der Waals surface area contributed by atoms with Gasteiger partial charge in [-0.25, -0.2) is 8.78 Å². The average Bonchev–Trinajstić information content (AvgIpc) is 2.62. The van der Waals surface area contributed by atoms with Gasteiger partial charge < -0.3 is 10.6 Å². The summed E-state index contributed by atoms with van der Waals surface area (Å²) in [6.45, 7) is 5.86. The van der Waals surface area contributed by atoms with Crippen LogP contribution in [0.3, 0.4) is 0 Å². The minimum Gasteiger partial charge on any atom is -0.357 e. The summed E-state index contributed by atoms with van der Waals surface area (Å²) < 4.78 is 26.4. The molecule has 1 unspecified atom stereocenters. The van der Waals surface area contributed by atoms with Gasteiger partial charge in [-0.3, -0.25) is 9.98 Å². The molecule has 0 fully saturated rings. The summed E-state index contributed by atoms with van der Waals surface area (Å²) >= 11 is 0. The second kappa shape index (κ2) is 9.71. The molecular weight excluding hydrogens is 322 g/mol. The molecule has 0 saturated heterocycles. The molecule has 25 heavy (non-hydrogen) atoms. The van der Waals surface area contributed by atoms with Gasteiger partial charge in [-0.05, 0) is 36.8 Å². The van der Waals surface area contributed by atoms with Gasteiger partial charge in [0.2, 0.25) is 0 Å². The highest BCUT2D eigenvalue weighted by molar-refractivity contribution is 5.79. The summed E-state index contributed by atoms with van der Waals surface area (Å²) in [5.74, 6) is -0.966. The summed E-state index contributed by atoms with van der Waals surface area (Å²) in [6.07, 6.45) is 2.57. The van der Waals surface area contributed by atoms with Crippen molar-refractivity contribution < 1.29 is 8.78 Å². The van der Waals surface area contributed by atoms with Crippen LogP contribution in [-0.4, -0.2) is 30.6 Å². The summed E-state index contributed by atoms with van der Waals surface area (Å²) in [6, 6.07) is 9.82. The second-order valence-corrected chi connectivity index (χ2v) is 5.79. The fraction of sp³-hybridized carbons (Fsp3) is 0.368. The van der Waals surface area contributed by atoms with E-state index < -0.39 is 11.6 Å². The van der Waals surface area contributed by atoms with Gasteiger partial charge in [0.1, 0.15) is 0 Å². The lowest BCUT2D eigenvalue weighted by Gasteiger charge is -2.14. The van der Waals surface area contributed by atoms with Crippen molar-refractivity contribution in [3.8, 4) is 0 Å². The van der Waals surface area contributed by atoms with Crippen LogP contribution in [0.5, 0.6) is 0 Å². The minimum absolute atomic E-state index is 0.0126. The predicted octanol–water partition coefficient (Wildman–Crippen LogP) is 3.26. The lowest BCUT2D eigenvalue weighted by Crippen LogP contribution is -2.38. The number of hydrogen-bond donors (Lipinski definition) is 2. The molecule has 2 N–H and O–H groups in total. The molecule has 1 aromatic heterocycles. The number of rotatable bonds is 7. The highest BCUT2D eigenvalue weighted by Crippen LogP contribution is 2.18. The SMILES string of the molecule is CCNC(=NCC(C)c1ccc(F)c(F)c1)NCCc1ccccn1. The zero-order valence-electron chi connectivity index (χ0n) is 14.6. The Kier molecular flexibility index (Phi) is 7.32. The van der Waals surface area contributed by atoms with Crippen molar-refractivity contribution >= 4 is 5.96 Å². The van der Waals surface area contributed by atoms with Gasteiger partial charge in [0.25, 0.3) is 0 Å². The fourth-order valence-electron chi connectivity index (χ4n) is 2.35. The van der Waals surface area contributed by atoms with Gasteiger partial charge in [-0.2, -0.15) is 0 Å². The first-order chi connectivity index (χ1) is 12.1. The topological polar surface area (TPSA) is 49.3 Å². The van der Waals surface area contributed by atoms with Crippen LogP contribution < -0.4 is 10.6 Å². The van der Waals surface area contributed by atoms with E-state index in [0.717, 1.165) is 30.3 Å². The molecule has 2 rings (SSSR count). The van der Waals surface area contributed by atoms with Crippen LogP contribution >= 0.6 is 0 Å². The first kappa shape index (κ1) is 18.8. The van der Waals surface area contributed by atoms with Crippen LogP contribution in [0, 0.1) is 11.6 Å². The molecule has 4 nitrogen and oxygen atoms in total. The number of guanidine groups is 1. The zero-order valence-corrected chi connectivity index (χ0v) is 14.6. The molecule has 0 saturated carbocycles. The van der Waals surface area contributed by atoms with Crippen LogP contribution in [-0.2, 0) is 6.42 Å². The lowest BCUT2D eigenvalue weighted by atomic mass is 10.0. The van der Waals surface area contributed by atoms with Gasteiger partial charge in [0.05, 0.1) is 0 Å². The number of halogens is 2. The van der Waals surface area contributed by atoms with Gasteiger partial charge in [0, 0.05) is 43.9 Å². The zero-order chi connectivity index (χ0) is 18.1. The minimum atomic E-state index is -0.830. The number of nitrogens with one attached hydrogen (secondary N) is 2. The molecule has 134 valence electrons. The van der Waals surface area contributed by atoms with E-state index in [-0.39, 0.29) is 5.92 Å². The Balaban J connectivity index is 1.90. The Hall–Kier alpha value is -2.50. The molecule has 0 spiro atoms. The Bertz CT molecular complexity index is 689. The molecule has 1 atom stereocenters. The third-order valence-corrected chi connectivity index (χ3v) is 3.78. The van der Waals surface area contributed by atoms with Crippen molar-refractivity contribution in [1.82, 2.24) is 15.6 Å². The molecule has 0 bridgehead atoms. The number of aliphatic imine (C=N–C) groups is 1. The van der Waals surface area contributed by atoms with Crippen molar-refractivity contribution in [2.24, 2.45) is 4.99 Å². The highest BCUT2D eigenvalue weighted by atomic mass is 19.2. The Labute approximate surface area is 147 Å². The Morgan fingerprint density at radius 2 is 2.00 bits per heavy atom. The third kappa shape index (κ3) is 6.14. The lowest BCUT2D eigenvalue weighted by molar-refractivity contribution is 0.505. The predicted molar refractivity (Wildman–Crippen MR) is 96.7 cm³/mol. The third-order valence-electron chi connectivity index (χ3n) is 3.78. The maximum absolute atomic E-state index is 13.3. The molecule has 0 radical (unpaired) electrons. The normalized spacial score (nSPS) is 12.7. The van der Waals surface area contributed by atoms with Gasteiger partial charge in [-0.1, -0.05) is 19.1 Å². The molecule has 0 aliphatic heterocycles. The van der Waals surface area contributed by atoms with Gasteiger partial charge >= 0.3 is 0 Å². The van der Waals surface area contributed by atoms with Crippen molar-refractivity contribution in [2.75, 3.05) is 19.6 Å². The standard InChI is InChI=1S/C19H24F2N4/c1-3-22-19(24-11-9-16-6-4-5-10-23-16)25-13-14(2)15-7-8-17(20)18(21)12-15/h4-8,10,12,14H,3,9,11,13H2,1-2H3,(H2,22,24,25). The quantitative estimate of drug-likeness (QED) is 0.598. The molecule has 1 aromatic carbocycles. The fourth-order valence-corrected chi connectivity index (χ4v) is 2.35. The summed E-state index contributed by atoms with van der Waals surface area (Å²) in [4.78, 5) is 8.82. The van der Waals surface area contributed by atoms with E-state index in [4.69, 9.17) is 0 Å².